The molecule has 1 saturated heterocycles. The number of hydrogen-bond donors (Lipinski definition) is 1. The number of aliphatic imine (C=N–C) groups is 1. The molecule has 1 N–H and O–H groups in total. The van der Waals surface area contributed by atoms with Gasteiger partial charge in [0.2, 0.25) is 0 Å². The molecule has 0 radical (unpaired) electrons. The van der Waals surface area contributed by atoms with Crippen molar-refractivity contribution in [1.29, 1.82) is 0 Å². The van der Waals surface area contributed by atoms with E-state index >= 15 is 0 Å². The van der Waals surface area contributed by atoms with E-state index in [1.165, 1.54) is 5.56 Å². The highest BCUT2D eigenvalue weighted by Gasteiger charge is 2.42. The lowest BCUT2D eigenvalue weighted by molar-refractivity contribution is 0.0137. The second kappa shape index (κ2) is 7.85. The zero-order chi connectivity index (χ0) is 18.3. The van der Waals surface area contributed by atoms with Crippen LogP contribution in [0.15, 0.2) is 35.3 Å². The van der Waals surface area contributed by atoms with E-state index in [4.69, 9.17) is 9.73 Å². The third-order valence-corrected chi connectivity index (χ3v) is 5.19. The number of fused-ring (bicyclic) bond motifs is 1. The van der Waals surface area contributed by atoms with E-state index in [1.54, 1.807) is 0 Å². The zero-order valence-electron chi connectivity index (χ0n) is 16.2. The standard InChI is InChI=1S/C20H28N4O2.HI/c1-20(2,3)26-19(25)23-9-10-24-15(13-23)12-21-18(24)22-17-11-16(17)14-7-5-4-6-8-14;/h4-8,15-17H,9-13H2,1-3H3,(H,21,22);1H. The fraction of sp³-hybridized carbons (Fsp3) is 0.600. The van der Waals surface area contributed by atoms with Gasteiger partial charge in [-0.1, -0.05) is 30.3 Å². The number of nitrogens with one attached hydrogen (secondary N) is 1. The Balaban J connectivity index is 0.00000210. The van der Waals surface area contributed by atoms with Crippen LogP contribution in [-0.4, -0.2) is 65.7 Å². The number of amides is 1. The summed E-state index contributed by atoms with van der Waals surface area (Å²) in [7, 11) is 0. The van der Waals surface area contributed by atoms with Gasteiger partial charge in [0.05, 0.1) is 12.6 Å². The second-order valence-electron chi connectivity index (χ2n) is 8.44. The number of nitrogens with zero attached hydrogens (tertiary/aromatic N) is 3. The number of hydrogen-bond acceptors (Lipinski definition) is 5. The first-order valence-corrected chi connectivity index (χ1v) is 9.51. The Hall–Kier alpha value is -1.51. The smallest absolute Gasteiger partial charge is 0.410 e. The quantitative estimate of drug-likeness (QED) is 0.656. The van der Waals surface area contributed by atoms with Crippen LogP contribution in [0.2, 0.25) is 0 Å². The molecule has 1 aromatic rings. The fourth-order valence-corrected chi connectivity index (χ4v) is 3.78. The van der Waals surface area contributed by atoms with Crippen LogP contribution in [0.4, 0.5) is 4.79 Å². The molecule has 27 heavy (non-hydrogen) atoms. The first-order valence-electron chi connectivity index (χ1n) is 9.51. The van der Waals surface area contributed by atoms with Crippen molar-refractivity contribution in [3.63, 3.8) is 0 Å². The molecular weight excluding hydrogens is 455 g/mol. The van der Waals surface area contributed by atoms with Crippen LogP contribution >= 0.6 is 24.0 Å². The summed E-state index contributed by atoms with van der Waals surface area (Å²) >= 11 is 0. The largest absolute Gasteiger partial charge is 0.444 e. The minimum absolute atomic E-state index is 0. The topological polar surface area (TPSA) is 57.2 Å². The Kier molecular flexibility index (Phi) is 5.88. The number of carbonyl (C=O) groups is 1. The lowest BCUT2D eigenvalue weighted by Gasteiger charge is -2.39. The maximum Gasteiger partial charge on any atom is 0.410 e. The highest BCUT2D eigenvalue weighted by molar-refractivity contribution is 14.0. The Bertz CT molecular complexity index is 704. The lowest BCUT2D eigenvalue weighted by Crippen LogP contribution is -2.57. The van der Waals surface area contributed by atoms with Gasteiger partial charge >= 0.3 is 6.09 Å². The molecule has 6 nitrogen and oxygen atoms in total. The average molecular weight is 484 g/mol. The van der Waals surface area contributed by atoms with Gasteiger partial charge in [-0.05, 0) is 32.8 Å². The third kappa shape index (κ3) is 4.67. The number of carbonyl (C=O) groups excluding carboxylic acids is 1. The van der Waals surface area contributed by atoms with Crippen LogP contribution < -0.4 is 5.32 Å². The maximum absolute atomic E-state index is 12.3. The van der Waals surface area contributed by atoms with E-state index in [0.29, 0.717) is 25.0 Å². The van der Waals surface area contributed by atoms with Crippen molar-refractivity contribution >= 4 is 36.0 Å². The van der Waals surface area contributed by atoms with E-state index in [2.05, 4.69) is 40.5 Å². The zero-order valence-corrected chi connectivity index (χ0v) is 18.6. The third-order valence-electron chi connectivity index (χ3n) is 5.19. The van der Waals surface area contributed by atoms with Gasteiger partial charge in [-0.15, -0.1) is 24.0 Å². The molecule has 1 amide bonds. The van der Waals surface area contributed by atoms with Gasteiger partial charge in [-0.25, -0.2) is 4.79 Å². The summed E-state index contributed by atoms with van der Waals surface area (Å²) in [4.78, 5) is 21.1. The van der Waals surface area contributed by atoms with Crippen molar-refractivity contribution in [3.05, 3.63) is 35.9 Å². The molecule has 3 unspecified atom stereocenters. The second-order valence-corrected chi connectivity index (χ2v) is 8.44. The summed E-state index contributed by atoms with van der Waals surface area (Å²) < 4.78 is 5.51. The molecule has 148 valence electrons. The number of ether oxygens (including phenoxy) is 1. The predicted molar refractivity (Wildman–Crippen MR) is 117 cm³/mol. The number of rotatable bonds is 2. The summed E-state index contributed by atoms with van der Waals surface area (Å²) in [6, 6.07) is 11.4. The minimum Gasteiger partial charge on any atom is -0.444 e. The molecule has 3 atom stereocenters. The number of piperazine rings is 1. The van der Waals surface area contributed by atoms with Crippen LogP contribution in [-0.2, 0) is 4.74 Å². The molecule has 1 aliphatic carbocycles. The first kappa shape index (κ1) is 20.2. The van der Waals surface area contributed by atoms with E-state index in [9.17, 15) is 4.79 Å². The lowest BCUT2D eigenvalue weighted by atomic mass is 10.1. The van der Waals surface area contributed by atoms with Crippen molar-refractivity contribution in [2.24, 2.45) is 4.99 Å². The van der Waals surface area contributed by atoms with Crippen LogP contribution in [0.25, 0.3) is 0 Å². The normalized spacial score (nSPS) is 26.6. The molecule has 3 aliphatic rings. The van der Waals surface area contributed by atoms with E-state index in [-0.39, 0.29) is 36.1 Å². The van der Waals surface area contributed by atoms with E-state index in [0.717, 1.165) is 25.5 Å². The van der Waals surface area contributed by atoms with Gasteiger partial charge in [0.15, 0.2) is 5.96 Å². The Morgan fingerprint density at radius 2 is 1.96 bits per heavy atom. The maximum atomic E-state index is 12.3. The van der Waals surface area contributed by atoms with Crippen molar-refractivity contribution in [2.75, 3.05) is 26.2 Å². The van der Waals surface area contributed by atoms with E-state index < -0.39 is 5.60 Å². The van der Waals surface area contributed by atoms with Gasteiger partial charge in [-0.3, -0.25) is 4.99 Å². The summed E-state index contributed by atoms with van der Waals surface area (Å²) in [6.07, 6.45) is 0.941. The highest BCUT2D eigenvalue weighted by Crippen LogP contribution is 2.41. The summed E-state index contributed by atoms with van der Waals surface area (Å²) in [5.74, 6) is 1.59. The molecule has 2 fully saturated rings. The number of benzene rings is 1. The van der Waals surface area contributed by atoms with Gasteiger partial charge in [-0.2, -0.15) is 0 Å². The van der Waals surface area contributed by atoms with Gasteiger partial charge in [0, 0.05) is 31.6 Å². The molecule has 0 spiro atoms. The van der Waals surface area contributed by atoms with Crippen LogP contribution in [0, 0.1) is 0 Å². The summed E-state index contributed by atoms with van der Waals surface area (Å²) in [5, 5.41) is 3.62. The van der Waals surface area contributed by atoms with Crippen LogP contribution in [0.5, 0.6) is 0 Å². The summed E-state index contributed by atoms with van der Waals surface area (Å²) in [5.41, 5.74) is 0.945. The van der Waals surface area contributed by atoms with Crippen LogP contribution in [0.3, 0.4) is 0 Å². The SMILES string of the molecule is CC(C)(C)OC(=O)N1CCN2C(NC3CC3c3ccccc3)=NCC2C1.I. The van der Waals surface area contributed by atoms with Gasteiger partial charge in [0.1, 0.15) is 5.60 Å². The predicted octanol–water partition coefficient (Wildman–Crippen LogP) is 3.04. The van der Waals surface area contributed by atoms with Crippen molar-refractivity contribution < 1.29 is 9.53 Å². The molecule has 7 heteroatoms. The van der Waals surface area contributed by atoms with E-state index in [1.807, 2.05) is 25.7 Å². The molecule has 2 aliphatic heterocycles. The van der Waals surface area contributed by atoms with Gasteiger partial charge < -0.3 is 19.9 Å². The Morgan fingerprint density at radius 3 is 2.67 bits per heavy atom. The first-order chi connectivity index (χ1) is 12.4. The molecule has 4 rings (SSSR count). The number of halogens is 1. The molecular formula is C20H29IN4O2. The molecule has 2 heterocycles. The molecule has 1 aromatic carbocycles. The van der Waals surface area contributed by atoms with Crippen LogP contribution in [0.1, 0.15) is 38.7 Å². The highest BCUT2D eigenvalue weighted by atomic mass is 127. The molecule has 0 bridgehead atoms. The Morgan fingerprint density at radius 1 is 1.22 bits per heavy atom. The van der Waals surface area contributed by atoms with Gasteiger partial charge in [0.25, 0.3) is 0 Å². The van der Waals surface area contributed by atoms with Crippen molar-refractivity contribution in [2.45, 2.75) is 50.8 Å². The molecule has 1 saturated carbocycles. The summed E-state index contributed by atoms with van der Waals surface area (Å²) in [6.45, 7) is 8.61. The Labute approximate surface area is 178 Å². The monoisotopic (exact) mass is 484 g/mol. The van der Waals surface area contributed by atoms with Crippen molar-refractivity contribution in [3.8, 4) is 0 Å². The fourth-order valence-electron chi connectivity index (χ4n) is 3.78. The molecule has 0 aromatic heterocycles. The average Bonchev–Trinajstić information content (AvgIpc) is 3.26. The minimum atomic E-state index is -0.453. The number of guanidine groups is 1. The van der Waals surface area contributed by atoms with Crippen molar-refractivity contribution in [1.82, 2.24) is 15.1 Å².